The summed E-state index contributed by atoms with van der Waals surface area (Å²) in [4.78, 5) is 26.3. The summed E-state index contributed by atoms with van der Waals surface area (Å²) in [6.45, 7) is 2.66. The van der Waals surface area contributed by atoms with Crippen molar-refractivity contribution in [1.82, 2.24) is 4.90 Å². The Morgan fingerprint density at radius 1 is 1.28 bits per heavy atom. The van der Waals surface area contributed by atoms with Crippen LogP contribution in [0.25, 0.3) is 10.8 Å². The van der Waals surface area contributed by atoms with E-state index in [4.69, 9.17) is 9.47 Å². The smallest absolute Gasteiger partial charge is 0.416 e. The average Bonchev–Trinajstić information content (AvgIpc) is 3.07. The zero-order chi connectivity index (χ0) is 17.8. The molecule has 0 saturated carbocycles. The molecule has 1 aliphatic heterocycles. The molecule has 2 amide bonds. The Labute approximate surface area is 147 Å². The van der Waals surface area contributed by atoms with Crippen LogP contribution in [-0.2, 0) is 9.53 Å². The summed E-state index contributed by atoms with van der Waals surface area (Å²) >= 11 is 0. The summed E-state index contributed by atoms with van der Waals surface area (Å²) < 4.78 is 10.5. The Kier molecular flexibility index (Phi) is 5.22. The predicted molar refractivity (Wildman–Crippen MR) is 95.8 cm³/mol. The Balaban J connectivity index is 2.11. The summed E-state index contributed by atoms with van der Waals surface area (Å²) in [6.07, 6.45) is 1.99. The first-order valence-electron chi connectivity index (χ1n) is 8.71. The fourth-order valence-corrected chi connectivity index (χ4v) is 3.39. The van der Waals surface area contributed by atoms with Crippen LogP contribution in [0.3, 0.4) is 0 Å². The third-order valence-electron chi connectivity index (χ3n) is 4.67. The second kappa shape index (κ2) is 7.55. The number of methoxy groups -OCH3 is 1. The van der Waals surface area contributed by atoms with Crippen molar-refractivity contribution in [3.05, 3.63) is 42.0 Å². The molecule has 1 fully saturated rings. The van der Waals surface area contributed by atoms with Gasteiger partial charge in [0.05, 0.1) is 19.6 Å². The first-order chi connectivity index (χ1) is 12.2. The van der Waals surface area contributed by atoms with E-state index >= 15 is 0 Å². The second-order valence-electron chi connectivity index (χ2n) is 6.20. The molecule has 0 radical (unpaired) electrons. The molecule has 25 heavy (non-hydrogen) atoms. The third kappa shape index (κ3) is 3.31. The number of fused-ring (bicyclic) bond motifs is 1. The lowest BCUT2D eigenvalue weighted by atomic mass is 9.87. The van der Waals surface area contributed by atoms with Crippen molar-refractivity contribution in [2.45, 2.75) is 32.1 Å². The van der Waals surface area contributed by atoms with E-state index in [1.54, 1.807) is 7.11 Å². The lowest BCUT2D eigenvalue weighted by Crippen LogP contribution is -2.36. The van der Waals surface area contributed by atoms with Gasteiger partial charge < -0.3 is 9.47 Å². The lowest BCUT2D eigenvalue weighted by Gasteiger charge is -2.24. The van der Waals surface area contributed by atoms with Crippen LogP contribution < -0.4 is 4.74 Å². The number of nitrogens with zero attached hydrogens (tertiary/aromatic N) is 1. The Bertz CT molecular complexity index is 786. The average molecular weight is 341 g/mol. The van der Waals surface area contributed by atoms with E-state index in [9.17, 15) is 9.59 Å². The molecule has 0 aromatic heterocycles. The first kappa shape index (κ1) is 17.3. The summed E-state index contributed by atoms with van der Waals surface area (Å²) in [7, 11) is 1.61. The molecule has 0 bridgehead atoms. The number of hydrogen-bond donors (Lipinski definition) is 0. The van der Waals surface area contributed by atoms with Gasteiger partial charge in [-0.1, -0.05) is 50.1 Å². The fourth-order valence-electron chi connectivity index (χ4n) is 3.39. The van der Waals surface area contributed by atoms with Gasteiger partial charge in [0.15, 0.2) is 0 Å². The zero-order valence-corrected chi connectivity index (χ0v) is 14.7. The molecule has 5 heteroatoms. The molecule has 5 nitrogen and oxygen atoms in total. The van der Waals surface area contributed by atoms with Crippen molar-refractivity contribution in [2.24, 2.45) is 0 Å². The summed E-state index contributed by atoms with van der Waals surface area (Å²) in [5, 5.41) is 2.04. The van der Waals surface area contributed by atoms with Gasteiger partial charge in [0, 0.05) is 5.56 Å². The second-order valence-corrected chi connectivity index (χ2v) is 6.20. The van der Waals surface area contributed by atoms with Crippen LogP contribution in [0.4, 0.5) is 4.79 Å². The van der Waals surface area contributed by atoms with E-state index in [1.807, 2.05) is 36.4 Å². The van der Waals surface area contributed by atoms with Gasteiger partial charge in [0.2, 0.25) is 5.91 Å². The normalized spacial score (nSPS) is 15.3. The number of benzene rings is 2. The minimum Gasteiger partial charge on any atom is -0.496 e. The number of ether oxygens (including phenoxy) is 2. The number of imide groups is 1. The van der Waals surface area contributed by atoms with E-state index in [1.165, 1.54) is 4.90 Å². The fraction of sp³-hybridized carbons (Fsp3) is 0.400. The molecular formula is C20H23NO4. The van der Waals surface area contributed by atoms with Crippen LogP contribution in [0.2, 0.25) is 0 Å². The van der Waals surface area contributed by atoms with E-state index < -0.39 is 12.0 Å². The lowest BCUT2D eigenvalue weighted by molar-refractivity contribution is -0.129. The van der Waals surface area contributed by atoms with E-state index in [2.05, 4.69) is 6.92 Å². The minimum absolute atomic E-state index is 0.203. The van der Waals surface area contributed by atoms with Gasteiger partial charge in [0.25, 0.3) is 0 Å². The largest absolute Gasteiger partial charge is 0.496 e. The molecule has 132 valence electrons. The van der Waals surface area contributed by atoms with Gasteiger partial charge in [-0.3, -0.25) is 4.79 Å². The molecule has 0 spiro atoms. The SMILES string of the molecule is CCCCC(C(=O)N1CCOC1=O)c1c(OC)ccc2ccccc12. The maximum absolute atomic E-state index is 13.1. The van der Waals surface area contributed by atoms with Crippen LogP contribution in [0.15, 0.2) is 36.4 Å². The number of cyclic esters (lactones) is 1. The maximum Gasteiger partial charge on any atom is 0.416 e. The standard InChI is InChI=1S/C20H23NO4/c1-3-4-8-16(19(22)21-12-13-25-20(21)23)18-15-9-6-5-7-14(15)10-11-17(18)24-2/h5-7,9-11,16H,3-4,8,12-13H2,1-2H3. The van der Waals surface area contributed by atoms with Crippen molar-refractivity contribution in [3.63, 3.8) is 0 Å². The quantitative estimate of drug-likeness (QED) is 0.794. The maximum atomic E-state index is 13.1. The number of unbranched alkanes of at least 4 members (excludes halogenated alkanes) is 1. The van der Waals surface area contributed by atoms with Crippen molar-refractivity contribution in [2.75, 3.05) is 20.3 Å². The van der Waals surface area contributed by atoms with Gasteiger partial charge in [-0.25, -0.2) is 9.69 Å². The van der Waals surface area contributed by atoms with Gasteiger partial charge in [-0.05, 0) is 23.3 Å². The monoisotopic (exact) mass is 341 g/mol. The third-order valence-corrected chi connectivity index (χ3v) is 4.67. The molecule has 0 N–H and O–H groups in total. The molecule has 1 aliphatic rings. The Morgan fingerprint density at radius 2 is 2.08 bits per heavy atom. The highest BCUT2D eigenvalue weighted by Gasteiger charge is 2.35. The van der Waals surface area contributed by atoms with Crippen LogP contribution in [0, 0.1) is 0 Å². The summed E-state index contributed by atoms with van der Waals surface area (Å²) in [5.74, 6) is 0.0537. The van der Waals surface area contributed by atoms with Crippen LogP contribution in [0.5, 0.6) is 5.75 Å². The first-order valence-corrected chi connectivity index (χ1v) is 8.71. The van der Waals surface area contributed by atoms with Gasteiger partial charge in [-0.15, -0.1) is 0 Å². The number of amides is 2. The molecular weight excluding hydrogens is 318 g/mol. The molecule has 0 aliphatic carbocycles. The zero-order valence-electron chi connectivity index (χ0n) is 14.7. The van der Waals surface area contributed by atoms with Gasteiger partial charge in [-0.2, -0.15) is 0 Å². The van der Waals surface area contributed by atoms with Crippen molar-refractivity contribution >= 4 is 22.8 Å². The molecule has 1 unspecified atom stereocenters. The van der Waals surface area contributed by atoms with Crippen molar-refractivity contribution < 1.29 is 19.1 Å². The molecule has 1 heterocycles. The van der Waals surface area contributed by atoms with Gasteiger partial charge in [0.1, 0.15) is 12.4 Å². The Hall–Kier alpha value is -2.56. The van der Waals surface area contributed by atoms with Crippen LogP contribution >= 0.6 is 0 Å². The van der Waals surface area contributed by atoms with Crippen LogP contribution in [0.1, 0.15) is 37.7 Å². The number of carbonyl (C=O) groups is 2. The molecule has 3 rings (SSSR count). The van der Waals surface area contributed by atoms with E-state index in [0.29, 0.717) is 18.7 Å². The highest BCUT2D eigenvalue weighted by molar-refractivity contribution is 6.00. The molecule has 2 aromatic carbocycles. The highest BCUT2D eigenvalue weighted by Crippen LogP contribution is 2.38. The number of hydrogen-bond acceptors (Lipinski definition) is 4. The predicted octanol–water partition coefficient (Wildman–Crippen LogP) is 4.10. The molecule has 2 aromatic rings. The van der Waals surface area contributed by atoms with E-state index in [0.717, 1.165) is 29.2 Å². The summed E-state index contributed by atoms with van der Waals surface area (Å²) in [5.41, 5.74) is 0.860. The molecule has 1 saturated heterocycles. The van der Waals surface area contributed by atoms with Crippen molar-refractivity contribution in [3.8, 4) is 5.75 Å². The van der Waals surface area contributed by atoms with E-state index in [-0.39, 0.29) is 12.5 Å². The molecule has 1 atom stereocenters. The number of rotatable bonds is 6. The number of carbonyl (C=O) groups excluding carboxylic acids is 2. The van der Waals surface area contributed by atoms with Crippen LogP contribution in [-0.4, -0.2) is 37.2 Å². The Morgan fingerprint density at radius 3 is 2.76 bits per heavy atom. The van der Waals surface area contributed by atoms with Crippen molar-refractivity contribution in [1.29, 1.82) is 0 Å². The topological polar surface area (TPSA) is 55.8 Å². The minimum atomic E-state index is -0.550. The summed E-state index contributed by atoms with van der Waals surface area (Å²) in [6, 6.07) is 11.8. The highest BCUT2D eigenvalue weighted by atomic mass is 16.6. The van der Waals surface area contributed by atoms with Gasteiger partial charge >= 0.3 is 6.09 Å².